The maximum atomic E-state index is 11.2. The molecule has 0 radical (unpaired) electrons. The predicted molar refractivity (Wildman–Crippen MR) is 59.2 cm³/mol. The summed E-state index contributed by atoms with van der Waals surface area (Å²) in [4.78, 5) is 11.2. The number of aryl methyl sites for hydroxylation is 1. The number of nitrogens with one attached hydrogen (secondary N) is 1. The Bertz CT molecular complexity index is 414. The van der Waals surface area contributed by atoms with E-state index in [1.165, 1.54) is 5.56 Å². The summed E-state index contributed by atoms with van der Waals surface area (Å²) in [6.07, 6.45) is 1.17. The molecule has 3 nitrogen and oxygen atoms in total. The highest BCUT2D eigenvalue weighted by atomic mass is 16.4. The zero-order chi connectivity index (χ0) is 11.1. The number of aliphatic carboxylic acids is 1. The van der Waals surface area contributed by atoms with Crippen LogP contribution >= 0.6 is 0 Å². The number of fused-ring (bicyclic) bond motifs is 1. The van der Waals surface area contributed by atoms with Gasteiger partial charge in [0.15, 0.2) is 0 Å². The Labute approximate surface area is 89.1 Å². The zero-order valence-corrected chi connectivity index (χ0v) is 9.00. The van der Waals surface area contributed by atoms with Gasteiger partial charge in [-0.2, -0.15) is 0 Å². The van der Waals surface area contributed by atoms with Gasteiger partial charge in [-0.25, -0.2) is 4.79 Å². The summed E-state index contributed by atoms with van der Waals surface area (Å²) in [6.45, 7) is 3.92. The SMILES string of the molecule is CCC1(C(=O)O)Cc2cc(C)ccc2N1. The Hall–Kier alpha value is -1.51. The van der Waals surface area contributed by atoms with Crippen LogP contribution in [0.25, 0.3) is 0 Å². The summed E-state index contributed by atoms with van der Waals surface area (Å²) in [7, 11) is 0. The first-order chi connectivity index (χ1) is 7.07. The van der Waals surface area contributed by atoms with E-state index < -0.39 is 11.5 Å². The molecule has 3 heteroatoms. The summed E-state index contributed by atoms with van der Waals surface area (Å²) in [5, 5.41) is 12.4. The second kappa shape index (κ2) is 3.26. The van der Waals surface area contributed by atoms with E-state index >= 15 is 0 Å². The number of hydrogen-bond acceptors (Lipinski definition) is 2. The molecule has 1 aliphatic heterocycles. The van der Waals surface area contributed by atoms with E-state index in [-0.39, 0.29) is 0 Å². The molecule has 0 fully saturated rings. The predicted octanol–water partition coefficient (Wildman–Crippen LogP) is 2.20. The number of hydrogen-bond donors (Lipinski definition) is 2. The Morgan fingerprint density at radius 3 is 2.93 bits per heavy atom. The number of rotatable bonds is 2. The van der Waals surface area contributed by atoms with Crippen molar-refractivity contribution in [2.24, 2.45) is 0 Å². The summed E-state index contributed by atoms with van der Waals surface area (Å²) in [5.74, 6) is -0.765. The van der Waals surface area contributed by atoms with E-state index in [0.29, 0.717) is 12.8 Å². The Kier molecular flexibility index (Phi) is 2.18. The van der Waals surface area contributed by atoms with Crippen LogP contribution in [0.2, 0.25) is 0 Å². The third-order valence-corrected chi connectivity index (χ3v) is 3.14. The zero-order valence-electron chi connectivity index (χ0n) is 9.00. The Morgan fingerprint density at radius 2 is 2.33 bits per heavy atom. The third kappa shape index (κ3) is 1.48. The van der Waals surface area contributed by atoms with Crippen molar-refractivity contribution in [1.29, 1.82) is 0 Å². The molecule has 0 bridgehead atoms. The van der Waals surface area contributed by atoms with Gasteiger partial charge in [-0.1, -0.05) is 24.6 Å². The highest BCUT2D eigenvalue weighted by molar-refractivity contribution is 5.86. The summed E-state index contributed by atoms with van der Waals surface area (Å²) < 4.78 is 0. The van der Waals surface area contributed by atoms with Crippen LogP contribution in [-0.4, -0.2) is 16.6 Å². The van der Waals surface area contributed by atoms with E-state index in [1.807, 2.05) is 26.0 Å². The van der Waals surface area contributed by atoms with E-state index in [0.717, 1.165) is 11.3 Å². The van der Waals surface area contributed by atoms with E-state index in [2.05, 4.69) is 11.4 Å². The van der Waals surface area contributed by atoms with Crippen molar-refractivity contribution in [3.8, 4) is 0 Å². The molecule has 80 valence electrons. The lowest BCUT2D eigenvalue weighted by Gasteiger charge is -2.23. The van der Waals surface area contributed by atoms with Crippen LogP contribution in [0.3, 0.4) is 0 Å². The highest BCUT2D eigenvalue weighted by Gasteiger charge is 2.42. The van der Waals surface area contributed by atoms with Gasteiger partial charge < -0.3 is 10.4 Å². The lowest BCUT2D eigenvalue weighted by molar-refractivity contribution is -0.142. The van der Waals surface area contributed by atoms with Crippen LogP contribution in [0, 0.1) is 6.92 Å². The molecule has 1 aromatic carbocycles. The van der Waals surface area contributed by atoms with Gasteiger partial charge in [-0.3, -0.25) is 0 Å². The quantitative estimate of drug-likeness (QED) is 0.778. The average molecular weight is 205 g/mol. The second-order valence-electron chi connectivity index (χ2n) is 4.20. The fraction of sp³-hybridized carbons (Fsp3) is 0.417. The lowest BCUT2D eigenvalue weighted by Crippen LogP contribution is -2.44. The van der Waals surface area contributed by atoms with Gasteiger partial charge in [0.25, 0.3) is 0 Å². The van der Waals surface area contributed by atoms with Crippen molar-refractivity contribution in [3.05, 3.63) is 29.3 Å². The summed E-state index contributed by atoms with van der Waals surface area (Å²) in [5.41, 5.74) is 2.45. The van der Waals surface area contributed by atoms with Gasteiger partial charge in [-0.15, -0.1) is 0 Å². The van der Waals surface area contributed by atoms with Gasteiger partial charge in [0.05, 0.1) is 0 Å². The van der Waals surface area contributed by atoms with Gasteiger partial charge in [0.2, 0.25) is 0 Å². The summed E-state index contributed by atoms with van der Waals surface area (Å²) in [6, 6.07) is 6.02. The van der Waals surface area contributed by atoms with Crippen molar-refractivity contribution < 1.29 is 9.90 Å². The topological polar surface area (TPSA) is 49.3 Å². The number of anilines is 1. The van der Waals surface area contributed by atoms with Crippen molar-refractivity contribution >= 4 is 11.7 Å². The molecule has 0 spiro atoms. The first-order valence-corrected chi connectivity index (χ1v) is 5.18. The molecule has 1 atom stereocenters. The molecule has 0 saturated heterocycles. The molecule has 0 aliphatic carbocycles. The molecular weight excluding hydrogens is 190 g/mol. The van der Waals surface area contributed by atoms with E-state index in [1.54, 1.807) is 0 Å². The fourth-order valence-corrected chi connectivity index (χ4v) is 2.11. The molecule has 15 heavy (non-hydrogen) atoms. The molecular formula is C12H15NO2. The largest absolute Gasteiger partial charge is 0.479 e. The number of carbonyl (C=O) groups is 1. The number of carboxylic acid groups (broad SMARTS) is 1. The van der Waals surface area contributed by atoms with Gasteiger partial charge in [-0.05, 0) is 25.0 Å². The minimum absolute atomic E-state index is 0.579. The number of carboxylic acids is 1. The second-order valence-corrected chi connectivity index (χ2v) is 4.20. The third-order valence-electron chi connectivity index (χ3n) is 3.14. The highest BCUT2D eigenvalue weighted by Crippen LogP contribution is 2.35. The van der Waals surface area contributed by atoms with Crippen LogP contribution in [0.5, 0.6) is 0 Å². The van der Waals surface area contributed by atoms with Crippen LogP contribution in [-0.2, 0) is 11.2 Å². The van der Waals surface area contributed by atoms with Crippen molar-refractivity contribution in [1.82, 2.24) is 0 Å². The molecule has 1 aliphatic rings. The normalized spacial score (nSPS) is 23.3. The smallest absolute Gasteiger partial charge is 0.329 e. The first kappa shape index (κ1) is 10.0. The van der Waals surface area contributed by atoms with E-state index in [9.17, 15) is 9.90 Å². The molecule has 1 aromatic rings. The minimum Gasteiger partial charge on any atom is -0.479 e. The van der Waals surface area contributed by atoms with Crippen molar-refractivity contribution in [3.63, 3.8) is 0 Å². The lowest BCUT2D eigenvalue weighted by atomic mass is 9.92. The standard InChI is InChI=1S/C12H15NO2/c1-3-12(11(14)15)7-9-6-8(2)4-5-10(9)13-12/h4-6,13H,3,7H2,1-2H3,(H,14,15). The molecule has 1 unspecified atom stereocenters. The first-order valence-electron chi connectivity index (χ1n) is 5.18. The van der Waals surface area contributed by atoms with Gasteiger partial charge in [0, 0.05) is 12.1 Å². The maximum Gasteiger partial charge on any atom is 0.329 e. The maximum absolute atomic E-state index is 11.2. The van der Waals surface area contributed by atoms with E-state index in [4.69, 9.17) is 0 Å². The van der Waals surface area contributed by atoms with Crippen LogP contribution < -0.4 is 5.32 Å². The number of benzene rings is 1. The molecule has 2 rings (SSSR count). The Balaban J connectivity index is 2.39. The van der Waals surface area contributed by atoms with Crippen LogP contribution in [0.4, 0.5) is 5.69 Å². The summed E-state index contributed by atoms with van der Waals surface area (Å²) >= 11 is 0. The van der Waals surface area contributed by atoms with Crippen LogP contribution in [0.1, 0.15) is 24.5 Å². The molecule has 2 N–H and O–H groups in total. The van der Waals surface area contributed by atoms with Crippen LogP contribution in [0.15, 0.2) is 18.2 Å². The average Bonchev–Trinajstić information content (AvgIpc) is 2.56. The fourth-order valence-electron chi connectivity index (χ4n) is 2.11. The molecule has 0 aromatic heterocycles. The van der Waals surface area contributed by atoms with Crippen molar-refractivity contribution in [2.45, 2.75) is 32.2 Å². The monoisotopic (exact) mass is 205 g/mol. The minimum atomic E-state index is -0.796. The molecule has 1 heterocycles. The Morgan fingerprint density at radius 1 is 1.60 bits per heavy atom. The molecule has 0 saturated carbocycles. The molecule has 0 amide bonds. The van der Waals surface area contributed by atoms with Gasteiger partial charge >= 0.3 is 5.97 Å². The van der Waals surface area contributed by atoms with Crippen molar-refractivity contribution in [2.75, 3.05) is 5.32 Å². The van der Waals surface area contributed by atoms with Gasteiger partial charge in [0.1, 0.15) is 5.54 Å².